The van der Waals surface area contributed by atoms with Crippen LogP contribution < -0.4 is 4.74 Å². The van der Waals surface area contributed by atoms with Crippen LogP contribution in [-0.2, 0) is 9.53 Å². The monoisotopic (exact) mass is 302 g/mol. The molecule has 1 aliphatic rings. The summed E-state index contributed by atoms with van der Waals surface area (Å²) >= 11 is 0. The van der Waals surface area contributed by atoms with Gasteiger partial charge in [-0.1, -0.05) is 11.6 Å². The molecule has 0 radical (unpaired) electrons. The van der Waals surface area contributed by atoms with Gasteiger partial charge >= 0.3 is 17.9 Å². The Kier molecular flexibility index (Phi) is 3.71. The zero-order valence-corrected chi connectivity index (χ0v) is 11.3. The summed E-state index contributed by atoms with van der Waals surface area (Å²) in [6.07, 6.45) is -4.09. The fourth-order valence-electron chi connectivity index (χ4n) is 2.14. The van der Waals surface area contributed by atoms with E-state index in [1.54, 1.807) is 19.1 Å². The summed E-state index contributed by atoms with van der Waals surface area (Å²) in [5.41, 5.74) is 0.0520. The van der Waals surface area contributed by atoms with Crippen LogP contribution in [0.1, 0.15) is 18.1 Å². The van der Waals surface area contributed by atoms with E-state index in [1.165, 1.54) is 13.0 Å². The molecule has 4 nitrogen and oxygen atoms in total. The van der Waals surface area contributed by atoms with Crippen molar-refractivity contribution in [3.05, 3.63) is 34.9 Å². The largest absolute Gasteiger partial charge is 0.478 e. The van der Waals surface area contributed by atoms with Gasteiger partial charge < -0.3 is 14.6 Å². The summed E-state index contributed by atoms with van der Waals surface area (Å²) < 4.78 is 49.9. The molecule has 1 N–H and O–H groups in total. The highest BCUT2D eigenvalue weighted by molar-refractivity contribution is 5.95. The Balaban J connectivity index is 2.68. The number of benzene rings is 1. The van der Waals surface area contributed by atoms with Gasteiger partial charge in [0.1, 0.15) is 11.3 Å². The predicted molar refractivity (Wildman–Crippen MR) is 67.8 cm³/mol. The first kappa shape index (κ1) is 15.4. The number of alkyl halides is 3. The fourth-order valence-corrected chi connectivity index (χ4v) is 2.14. The van der Waals surface area contributed by atoms with Crippen LogP contribution in [0, 0.1) is 6.92 Å². The second-order valence-electron chi connectivity index (χ2n) is 4.55. The van der Waals surface area contributed by atoms with Gasteiger partial charge in [0.05, 0.1) is 0 Å². The number of carbonyl (C=O) groups is 1. The number of ether oxygens (including phenoxy) is 2. The third kappa shape index (κ3) is 2.49. The minimum atomic E-state index is -5.03. The van der Waals surface area contributed by atoms with E-state index in [4.69, 9.17) is 14.6 Å². The van der Waals surface area contributed by atoms with Crippen molar-refractivity contribution in [1.29, 1.82) is 0 Å². The van der Waals surface area contributed by atoms with Crippen LogP contribution in [0.4, 0.5) is 13.2 Å². The van der Waals surface area contributed by atoms with E-state index >= 15 is 0 Å². The molecular weight excluding hydrogens is 289 g/mol. The standard InChI is InChI=1S/C14H13F3O4/c1-3-20-13(14(15,16)17)10(12(18)19)7-9-6-8(2)4-5-11(9)21-13/h4-7H,3H2,1-2H3,(H,18,19)/t13-/m1/s1. The van der Waals surface area contributed by atoms with Crippen molar-refractivity contribution in [2.45, 2.75) is 25.8 Å². The first-order chi connectivity index (χ1) is 9.71. The number of hydrogen-bond acceptors (Lipinski definition) is 3. The third-order valence-corrected chi connectivity index (χ3v) is 3.02. The van der Waals surface area contributed by atoms with E-state index < -0.39 is 23.5 Å². The molecule has 0 saturated carbocycles. The molecule has 21 heavy (non-hydrogen) atoms. The number of hydrogen-bond donors (Lipinski definition) is 1. The maximum Gasteiger partial charge on any atom is 0.460 e. The van der Waals surface area contributed by atoms with Crippen LogP contribution in [0.2, 0.25) is 0 Å². The normalized spacial score (nSPS) is 21.3. The highest BCUT2D eigenvalue weighted by Crippen LogP contribution is 2.46. The Morgan fingerprint density at radius 2 is 2.10 bits per heavy atom. The smallest absolute Gasteiger partial charge is 0.460 e. The number of halogens is 3. The third-order valence-electron chi connectivity index (χ3n) is 3.02. The van der Waals surface area contributed by atoms with E-state index in [1.807, 2.05) is 0 Å². The predicted octanol–water partition coefficient (Wildman–Crippen LogP) is 3.15. The first-order valence-electron chi connectivity index (χ1n) is 6.17. The summed E-state index contributed by atoms with van der Waals surface area (Å²) in [5, 5.41) is 9.13. The minimum Gasteiger partial charge on any atom is -0.478 e. The van der Waals surface area contributed by atoms with Gasteiger partial charge in [0.25, 0.3) is 0 Å². The molecular formula is C14H13F3O4. The zero-order chi connectivity index (χ0) is 15.8. The Bertz CT molecular complexity index is 607. The highest BCUT2D eigenvalue weighted by atomic mass is 19.4. The Hall–Kier alpha value is -2.02. The van der Waals surface area contributed by atoms with Crippen LogP contribution in [0.5, 0.6) is 5.75 Å². The molecule has 0 fully saturated rings. The SMILES string of the molecule is CCO[C@@]1(C(F)(F)F)Oc2ccc(C)cc2C=C1C(=O)O. The van der Waals surface area contributed by atoms with Crippen LogP contribution in [0.15, 0.2) is 23.8 Å². The number of carboxylic acid groups (broad SMARTS) is 1. The summed E-state index contributed by atoms with van der Waals surface area (Å²) in [5.74, 6) is -5.11. The van der Waals surface area contributed by atoms with E-state index in [9.17, 15) is 18.0 Å². The minimum absolute atomic E-state index is 0.0728. The molecule has 1 aromatic rings. The van der Waals surface area contributed by atoms with Crippen molar-refractivity contribution in [1.82, 2.24) is 0 Å². The van der Waals surface area contributed by atoms with Gasteiger partial charge in [0, 0.05) is 12.2 Å². The molecule has 114 valence electrons. The molecule has 1 heterocycles. The maximum absolute atomic E-state index is 13.4. The Morgan fingerprint density at radius 3 is 2.62 bits per heavy atom. The molecule has 0 saturated heterocycles. The molecule has 1 atom stereocenters. The Morgan fingerprint density at radius 1 is 1.43 bits per heavy atom. The number of aryl methyl sites for hydroxylation is 1. The van der Waals surface area contributed by atoms with Crippen molar-refractivity contribution in [3.8, 4) is 5.75 Å². The van der Waals surface area contributed by atoms with Gasteiger partial charge in [0.2, 0.25) is 0 Å². The lowest BCUT2D eigenvalue weighted by molar-refractivity contribution is -0.332. The Labute approximate surface area is 118 Å². The molecule has 0 unspecified atom stereocenters. The van der Waals surface area contributed by atoms with Crippen molar-refractivity contribution in [2.24, 2.45) is 0 Å². The molecule has 1 aromatic carbocycles. The van der Waals surface area contributed by atoms with Crippen LogP contribution in [-0.4, -0.2) is 29.6 Å². The van der Waals surface area contributed by atoms with Crippen LogP contribution >= 0.6 is 0 Å². The van der Waals surface area contributed by atoms with Gasteiger partial charge in [-0.3, -0.25) is 0 Å². The average Bonchev–Trinajstić information content (AvgIpc) is 2.37. The number of aliphatic carboxylic acids is 1. The number of carboxylic acids is 1. The first-order valence-corrected chi connectivity index (χ1v) is 6.17. The van der Waals surface area contributed by atoms with Crippen molar-refractivity contribution in [2.75, 3.05) is 6.61 Å². The molecule has 0 aromatic heterocycles. The van der Waals surface area contributed by atoms with Gasteiger partial charge in [-0.2, -0.15) is 13.2 Å². The van der Waals surface area contributed by atoms with Gasteiger partial charge in [-0.25, -0.2) is 4.79 Å². The van der Waals surface area contributed by atoms with E-state index in [-0.39, 0.29) is 17.9 Å². The highest BCUT2D eigenvalue weighted by Gasteiger charge is 2.65. The topological polar surface area (TPSA) is 55.8 Å². The molecule has 2 rings (SSSR count). The van der Waals surface area contributed by atoms with E-state index in [0.29, 0.717) is 0 Å². The quantitative estimate of drug-likeness (QED) is 0.932. The summed E-state index contributed by atoms with van der Waals surface area (Å²) in [6, 6.07) is 4.48. The van der Waals surface area contributed by atoms with Crippen molar-refractivity contribution < 1.29 is 32.5 Å². The molecule has 7 heteroatoms. The summed E-state index contributed by atoms with van der Waals surface area (Å²) in [4.78, 5) is 11.3. The lowest BCUT2D eigenvalue weighted by atomic mass is 9.97. The van der Waals surface area contributed by atoms with Gasteiger partial charge in [-0.15, -0.1) is 0 Å². The molecule has 1 aliphatic heterocycles. The fraction of sp³-hybridized carbons (Fsp3) is 0.357. The molecule has 0 aliphatic carbocycles. The van der Waals surface area contributed by atoms with Gasteiger partial charge in [0.15, 0.2) is 0 Å². The van der Waals surface area contributed by atoms with E-state index in [0.717, 1.165) is 11.6 Å². The summed E-state index contributed by atoms with van der Waals surface area (Å²) in [6.45, 7) is 2.72. The second kappa shape index (κ2) is 5.07. The molecule has 0 amide bonds. The zero-order valence-electron chi connectivity index (χ0n) is 11.3. The van der Waals surface area contributed by atoms with Crippen molar-refractivity contribution >= 4 is 12.0 Å². The lowest BCUT2D eigenvalue weighted by Crippen LogP contribution is -2.56. The lowest BCUT2D eigenvalue weighted by Gasteiger charge is -2.38. The van der Waals surface area contributed by atoms with Crippen LogP contribution in [0.25, 0.3) is 6.08 Å². The number of rotatable bonds is 3. The maximum atomic E-state index is 13.4. The molecule has 0 spiro atoms. The second-order valence-corrected chi connectivity index (χ2v) is 4.55. The van der Waals surface area contributed by atoms with E-state index in [2.05, 4.69) is 0 Å². The summed E-state index contributed by atoms with van der Waals surface area (Å²) in [7, 11) is 0. The van der Waals surface area contributed by atoms with Crippen molar-refractivity contribution in [3.63, 3.8) is 0 Å². The average molecular weight is 302 g/mol. The van der Waals surface area contributed by atoms with Crippen LogP contribution in [0.3, 0.4) is 0 Å². The molecule has 0 bridgehead atoms. The van der Waals surface area contributed by atoms with Gasteiger partial charge in [-0.05, 0) is 32.1 Å². The number of fused-ring (bicyclic) bond motifs is 1.